The number of hydrogen-bond acceptors (Lipinski definition) is 3. The molecule has 0 aromatic rings. The van der Waals surface area contributed by atoms with Crippen LogP contribution in [0.15, 0.2) is 0 Å². The molecule has 1 saturated carbocycles. The quantitative estimate of drug-likeness (QED) is 0.577. The molecule has 1 aliphatic rings. The van der Waals surface area contributed by atoms with E-state index in [-0.39, 0.29) is 0 Å². The predicted octanol–water partition coefficient (Wildman–Crippen LogP) is 2.99. The minimum absolute atomic E-state index is 0.549. The number of ether oxygens (including phenoxy) is 2. The van der Waals surface area contributed by atoms with Crippen LogP contribution in [-0.4, -0.2) is 39.0 Å². The Kier molecular flexibility index (Phi) is 9.54. The fourth-order valence-electron chi connectivity index (χ4n) is 2.66. The van der Waals surface area contributed by atoms with E-state index in [4.69, 9.17) is 9.47 Å². The van der Waals surface area contributed by atoms with E-state index in [2.05, 4.69) is 19.2 Å². The highest BCUT2D eigenvalue weighted by atomic mass is 16.5. The van der Waals surface area contributed by atoms with Crippen LogP contribution < -0.4 is 5.32 Å². The Morgan fingerprint density at radius 3 is 2.44 bits per heavy atom. The van der Waals surface area contributed by atoms with Crippen LogP contribution in [0.4, 0.5) is 0 Å². The number of nitrogens with one attached hydrogen (secondary N) is 1. The summed E-state index contributed by atoms with van der Waals surface area (Å²) in [5.41, 5.74) is 0. The SMILES string of the molecule is CCCCOCCOCC(NCC)C1CCCC1. The molecule has 1 N–H and O–H groups in total. The molecule has 0 amide bonds. The van der Waals surface area contributed by atoms with E-state index >= 15 is 0 Å². The third-order valence-corrected chi connectivity index (χ3v) is 3.75. The van der Waals surface area contributed by atoms with Crippen LogP contribution in [0.2, 0.25) is 0 Å². The van der Waals surface area contributed by atoms with E-state index < -0.39 is 0 Å². The van der Waals surface area contributed by atoms with Crippen LogP contribution in [0.25, 0.3) is 0 Å². The monoisotopic (exact) mass is 257 g/mol. The zero-order valence-corrected chi connectivity index (χ0v) is 12.2. The molecule has 0 heterocycles. The van der Waals surface area contributed by atoms with E-state index in [1.165, 1.54) is 32.1 Å². The van der Waals surface area contributed by atoms with Gasteiger partial charge >= 0.3 is 0 Å². The maximum Gasteiger partial charge on any atom is 0.0701 e. The van der Waals surface area contributed by atoms with Gasteiger partial charge in [0.1, 0.15) is 0 Å². The van der Waals surface area contributed by atoms with Gasteiger partial charge < -0.3 is 14.8 Å². The summed E-state index contributed by atoms with van der Waals surface area (Å²) in [5.74, 6) is 0.825. The molecule has 0 aliphatic heterocycles. The first-order valence-corrected chi connectivity index (χ1v) is 7.77. The van der Waals surface area contributed by atoms with Gasteiger partial charge in [0.15, 0.2) is 0 Å². The Bertz CT molecular complexity index is 181. The first-order chi connectivity index (χ1) is 8.88. The molecule has 3 heteroatoms. The molecule has 18 heavy (non-hydrogen) atoms. The topological polar surface area (TPSA) is 30.5 Å². The summed E-state index contributed by atoms with van der Waals surface area (Å²) in [6, 6.07) is 0.549. The van der Waals surface area contributed by atoms with E-state index in [1.54, 1.807) is 0 Å². The molecule has 0 radical (unpaired) electrons. The lowest BCUT2D eigenvalue weighted by atomic mass is 9.99. The Hall–Kier alpha value is -0.120. The van der Waals surface area contributed by atoms with Crippen LogP contribution in [0.1, 0.15) is 52.4 Å². The minimum atomic E-state index is 0.549. The van der Waals surface area contributed by atoms with E-state index in [0.717, 1.165) is 45.3 Å². The van der Waals surface area contributed by atoms with Crippen molar-refractivity contribution < 1.29 is 9.47 Å². The van der Waals surface area contributed by atoms with Crippen LogP contribution in [0, 0.1) is 5.92 Å². The summed E-state index contributed by atoms with van der Waals surface area (Å²) in [6.45, 7) is 8.59. The Balaban J connectivity index is 2.02. The molecule has 3 nitrogen and oxygen atoms in total. The highest BCUT2D eigenvalue weighted by Gasteiger charge is 2.24. The fourth-order valence-corrected chi connectivity index (χ4v) is 2.66. The number of hydrogen-bond donors (Lipinski definition) is 1. The molecule has 1 rings (SSSR count). The molecular weight excluding hydrogens is 226 g/mol. The summed E-state index contributed by atoms with van der Waals surface area (Å²) in [7, 11) is 0. The van der Waals surface area contributed by atoms with E-state index in [9.17, 15) is 0 Å². The fraction of sp³-hybridized carbons (Fsp3) is 1.00. The summed E-state index contributed by atoms with van der Waals surface area (Å²) in [5, 5.41) is 3.57. The predicted molar refractivity (Wildman–Crippen MR) is 76.0 cm³/mol. The van der Waals surface area contributed by atoms with Gasteiger partial charge in [0.25, 0.3) is 0 Å². The molecule has 0 bridgehead atoms. The van der Waals surface area contributed by atoms with Gasteiger partial charge in [-0.3, -0.25) is 0 Å². The van der Waals surface area contributed by atoms with Crippen molar-refractivity contribution in [1.82, 2.24) is 5.32 Å². The second-order valence-electron chi connectivity index (χ2n) is 5.25. The van der Waals surface area contributed by atoms with Crippen molar-refractivity contribution in [3.8, 4) is 0 Å². The van der Waals surface area contributed by atoms with Gasteiger partial charge in [0.05, 0.1) is 19.8 Å². The van der Waals surface area contributed by atoms with Crippen LogP contribution >= 0.6 is 0 Å². The summed E-state index contributed by atoms with van der Waals surface area (Å²) < 4.78 is 11.2. The van der Waals surface area contributed by atoms with Crippen molar-refractivity contribution in [2.45, 2.75) is 58.4 Å². The molecule has 108 valence electrons. The zero-order chi connectivity index (χ0) is 13.1. The van der Waals surface area contributed by atoms with E-state index in [1.807, 2.05) is 0 Å². The van der Waals surface area contributed by atoms with Crippen molar-refractivity contribution >= 4 is 0 Å². The standard InChI is InChI=1S/C15H31NO2/c1-3-5-10-17-11-12-18-13-15(16-4-2)14-8-6-7-9-14/h14-16H,3-13H2,1-2H3. The molecule has 0 spiro atoms. The second kappa shape index (κ2) is 10.8. The maximum atomic E-state index is 5.75. The molecular formula is C15H31NO2. The number of rotatable bonds is 11. The maximum absolute atomic E-state index is 5.75. The second-order valence-corrected chi connectivity index (χ2v) is 5.25. The van der Waals surface area contributed by atoms with Gasteiger partial charge in [-0.15, -0.1) is 0 Å². The van der Waals surface area contributed by atoms with Crippen molar-refractivity contribution in [2.75, 3.05) is 33.0 Å². The minimum Gasteiger partial charge on any atom is -0.379 e. The summed E-state index contributed by atoms with van der Waals surface area (Å²) >= 11 is 0. The van der Waals surface area contributed by atoms with Crippen LogP contribution in [-0.2, 0) is 9.47 Å². The van der Waals surface area contributed by atoms with Crippen LogP contribution in [0.5, 0.6) is 0 Å². The van der Waals surface area contributed by atoms with Crippen LogP contribution in [0.3, 0.4) is 0 Å². The van der Waals surface area contributed by atoms with Gasteiger partial charge in [-0.05, 0) is 31.7 Å². The summed E-state index contributed by atoms with van der Waals surface area (Å²) in [6.07, 6.45) is 7.88. The molecule has 0 aromatic heterocycles. The Morgan fingerprint density at radius 1 is 1.06 bits per heavy atom. The average molecular weight is 257 g/mol. The summed E-state index contributed by atoms with van der Waals surface area (Å²) in [4.78, 5) is 0. The third kappa shape index (κ3) is 6.72. The van der Waals surface area contributed by atoms with E-state index in [0.29, 0.717) is 6.04 Å². The molecule has 1 atom stereocenters. The molecule has 0 aromatic carbocycles. The average Bonchev–Trinajstić information content (AvgIpc) is 2.90. The lowest BCUT2D eigenvalue weighted by Crippen LogP contribution is -2.39. The van der Waals surface area contributed by atoms with Gasteiger partial charge in [0.2, 0.25) is 0 Å². The third-order valence-electron chi connectivity index (χ3n) is 3.75. The smallest absolute Gasteiger partial charge is 0.0701 e. The van der Waals surface area contributed by atoms with Gasteiger partial charge in [-0.2, -0.15) is 0 Å². The molecule has 1 aliphatic carbocycles. The lowest BCUT2D eigenvalue weighted by Gasteiger charge is -2.24. The van der Waals surface area contributed by atoms with Crippen molar-refractivity contribution in [3.05, 3.63) is 0 Å². The van der Waals surface area contributed by atoms with Crippen molar-refractivity contribution in [2.24, 2.45) is 5.92 Å². The number of likely N-dealkylation sites (N-methyl/N-ethyl adjacent to an activating group) is 1. The highest BCUT2D eigenvalue weighted by molar-refractivity contribution is 4.80. The lowest BCUT2D eigenvalue weighted by molar-refractivity contribution is 0.0318. The Morgan fingerprint density at radius 2 is 1.78 bits per heavy atom. The Labute approximate surface area is 113 Å². The normalized spacial score (nSPS) is 18.3. The van der Waals surface area contributed by atoms with Gasteiger partial charge in [0, 0.05) is 12.6 Å². The van der Waals surface area contributed by atoms with Gasteiger partial charge in [-0.1, -0.05) is 33.1 Å². The van der Waals surface area contributed by atoms with Crippen molar-refractivity contribution in [3.63, 3.8) is 0 Å². The van der Waals surface area contributed by atoms with Crippen molar-refractivity contribution in [1.29, 1.82) is 0 Å². The molecule has 0 saturated heterocycles. The number of unbranched alkanes of at least 4 members (excludes halogenated alkanes) is 1. The first kappa shape index (κ1) is 15.9. The zero-order valence-electron chi connectivity index (χ0n) is 12.2. The highest BCUT2D eigenvalue weighted by Crippen LogP contribution is 2.27. The molecule has 1 unspecified atom stereocenters. The first-order valence-electron chi connectivity index (χ1n) is 7.77. The molecule has 1 fully saturated rings. The largest absolute Gasteiger partial charge is 0.379 e. The van der Waals surface area contributed by atoms with Gasteiger partial charge in [-0.25, -0.2) is 0 Å².